The average Bonchev–Trinajstić information content (AvgIpc) is 3.95. The fourth-order valence-corrected chi connectivity index (χ4v) is 11.3. The summed E-state index contributed by atoms with van der Waals surface area (Å²) in [6, 6.07) is 18.3. The Morgan fingerprint density at radius 1 is 0.984 bits per heavy atom. The molecule has 3 aliphatic carbocycles. The molecule has 3 N–H and O–H groups in total. The van der Waals surface area contributed by atoms with E-state index in [2.05, 4.69) is 55.5 Å². The summed E-state index contributed by atoms with van der Waals surface area (Å²) in [5.74, 6) is 0.679. The largest absolute Gasteiger partial charge is 0.476 e. The van der Waals surface area contributed by atoms with Crippen LogP contribution in [0.25, 0.3) is 16.6 Å². The molecular weight excluding hydrogens is 848 g/mol. The van der Waals surface area contributed by atoms with Crippen LogP contribution in [-0.4, -0.2) is 84.2 Å². The molecule has 2 bridgehead atoms. The topological polar surface area (TPSA) is 150 Å². The minimum Gasteiger partial charge on any atom is -0.476 e. The van der Waals surface area contributed by atoms with E-state index in [-0.39, 0.29) is 44.4 Å². The van der Waals surface area contributed by atoms with Gasteiger partial charge in [0.15, 0.2) is 0 Å². The maximum atomic E-state index is 13.9. The Morgan fingerprint density at radius 3 is 2.50 bits per heavy atom. The van der Waals surface area contributed by atoms with E-state index in [1.165, 1.54) is 22.8 Å². The first-order valence-corrected chi connectivity index (χ1v) is 23.6. The quantitative estimate of drug-likeness (QED) is 0.111. The minimum atomic E-state index is -4.42. The number of aromatic nitrogens is 3. The number of nitrogens with one attached hydrogen (secondary N) is 2. The van der Waals surface area contributed by atoms with Crippen molar-refractivity contribution in [2.45, 2.75) is 69.8 Å². The van der Waals surface area contributed by atoms with Crippen molar-refractivity contribution in [3.05, 3.63) is 106 Å². The van der Waals surface area contributed by atoms with Crippen LogP contribution in [0.3, 0.4) is 0 Å². The summed E-state index contributed by atoms with van der Waals surface area (Å²) in [4.78, 5) is 30.1. The van der Waals surface area contributed by atoms with Crippen molar-refractivity contribution in [2.75, 3.05) is 44.2 Å². The lowest BCUT2D eigenvalue weighted by Gasteiger charge is -2.39. The van der Waals surface area contributed by atoms with Crippen LogP contribution in [0.15, 0.2) is 89.7 Å². The molecular formula is C47H52Cl2N6O6S. The number of nitrogens with zero attached hydrogens (tertiary/aromatic N) is 4. The number of H-pyrrole nitrogens is 1. The first-order chi connectivity index (χ1) is 29.6. The van der Waals surface area contributed by atoms with Crippen LogP contribution in [0, 0.1) is 23.2 Å². The summed E-state index contributed by atoms with van der Waals surface area (Å²) in [7, 11) is -4.42. The van der Waals surface area contributed by atoms with Crippen LogP contribution in [0.2, 0.25) is 10.0 Å². The minimum absolute atomic E-state index is 0.0120. The molecule has 0 unspecified atom stereocenters. The predicted molar refractivity (Wildman–Crippen MR) is 242 cm³/mol. The first-order valence-electron chi connectivity index (χ1n) is 21.4. The van der Waals surface area contributed by atoms with Gasteiger partial charge in [-0.2, -0.15) is 0 Å². The number of hydrogen-bond donors (Lipinski definition) is 3. The number of aromatic amines is 1. The fraction of sp³-hybridized carbons (Fsp3) is 0.426. The van der Waals surface area contributed by atoms with Gasteiger partial charge in [0.2, 0.25) is 5.88 Å². The normalized spacial score (nSPS) is 23.8. The number of sulfonamides is 1. The Morgan fingerprint density at radius 2 is 1.77 bits per heavy atom. The summed E-state index contributed by atoms with van der Waals surface area (Å²) in [5, 5.41) is 12.1. The number of pyridine rings is 2. The van der Waals surface area contributed by atoms with Gasteiger partial charge in [0.1, 0.15) is 27.1 Å². The standard InChI is InChI=1S/C47H52Cl2N6O6S/c1-46(2)12-10-31(40(24-46)29-4-6-35(48)7-5-29)27-54-14-16-55(17-15-54)36-8-9-39(42(21-36)61-37-20-30-11-13-50-43(30)51-25-37)44(56)53-62(58,59)38-22-41(49)45(52-26-38)60-28-33-19-34-18-32(33)23-47(34,3)57/h4-9,11,13,20-22,25-26,32-34,57H,10,12,14-19,23-24,27-28H2,1-3H3,(H,50,51)(H,53,56)/t32-,33+,34+,47-/m1/s1. The summed E-state index contributed by atoms with van der Waals surface area (Å²) in [5.41, 5.74) is 5.31. The van der Waals surface area contributed by atoms with Crippen LogP contribution in [0.4, 0.5) is 5.69 Å². The van der Waals surface area contributed by atoms with Crippen LogP contribution in [0.5, 0.6) is 17.4 Å². The lowest BCUT2D eigenvalue weighted by atomic mass is 9.72. The number of aliphatic hydroxyl groups is 1. The van der Waals surface area contributed by atoms with Crippen LogP contribution in [-0.2, 0) is 10.0 Å². The van der Waals surface area contributed by atoms with Crippen molar-refractivity contribution >= 4 is 61.4 Å². The molecule has 1 amide bonds. The second kappa shape index (κ2) is 16.8. The molecule has 1 aliphatic heterocycles. The number of ether oxygens (including phenoxy) is 2. The number of benzene rings is 2. The third-order valence-electron chi connectivity index (χ3n) is 13.5. The molecule has 0 radical (unpaired) electrons. The zero-order chi connectivity index (χ0) is 43.4. The van der Waals surface area contributed by atoms with Crippen molar-refractivity contribution in [1.29, 1.82) is 0 Å². The number of carbonyl (C=O) groups excluding carboxylic acids is 1. The van der Waals surface area contributed by atoms with Gasteiger partial charge < -0.3 is 24.5 Å². The molecule has 62 heavy (non-hydrogen) atoms. The van der Waals surface area contributed by atoms with Crippen LogP contribution in [0.1, 0.15) is 75.2 Å². The molecule has 12 nitrogen and oxygen atoms in total. The predicted octanol–water partition coefficient (Wildman–Crippen LogP) is 9.14. The van der Waals surface area contributed by atoms with E-state index in [0.29, 0.717) is 23.9 Å². The second-order valence-electron chi connectivity index (χ2n) is 18.5. The number of halogens is 2. The number of amides is 1. The maximum absolute atomic E-state index is 13.9. The molecule has 4 heterocycles. The molecule has 5 aromatic rings. The molecule has 326 valence electrons. The van der Waals surface area contributed by atoms with E-state index < -0.39 is 21.5 Å². The molecule has 3 aromatic heterocycles. The van der Waals surface area contributed by atoms with Gasteiger partial charge in [-0.15, -0.1) is 0 Å². The first kappa shape index (κ1) is 42.6. The SMILES string of the molecule is CC1(C)CCC(CN2CCN(c3ccc(C(=O)NS(=O)(=O)c4cnc(OC[C@@H]5C[C@@H]6C[C@@H]5C[C@@]6(C)O)c(Cl)c4)c(Oc4cnc5[nH]ccc5c4)c3)CC2)=C(c2ccc(Cl)cc2)C1. The number of fused-ring (bicyclic) bond motifs is 3. The molecule has 4 aliphatic rings. The van der Waals surface area contributed by atoms with Crippen molar-refractivity contribution in [1.82, 2.24) is 24.6 Å². The number of allylic oxidation sites excluding steroid dienone is 1. The maximum Gasteiger partial charge on any atom is 0.268 e. The highest BCUT2D eigenvalue weighted by molar-refractivity contribution is 7.90. The lowest BCUT2D eigenvalue weighted by molar-refractivity contribution is -0.0121. The third kappa shape index (κ3) is 9.05. The van der Waals surface area contributed by atoms with Crippen molar-refractivity contribution in [2.24, 2.45) is 23.2 Å². The smallest absolute Gasteiger partial charge is 0.268 e. The Balaban J connectivity index is 0.899. The van der Waals surface area contributed by atoms with E-state index in [1.807, 2.05) is 31.2 Å². The molecule has 2 aromatic carbocycles. The molecule has 9 rings (SSSR count). The van der Waals surface area contributed by atoms with E-state index in [9.17, 15) is 18.3 Å². The van der Waals surface area contributed by atoms with Gasteiger partial charge in [-0.05, 0) is 122 Å². The van der Waals surface area contributed by atoms with E-state index in [0.717, 1.165) is 93.5 Å². The average molecular weight is 900 g/mol. The zero-order valence-corrected chi connectivity index (χ0v) is 37.5. The highest BCUT2D eigenvalue weighted by Crippen LogP contribution is 2.53. The van der Waals surface area contributed by atoms with Crippen LogP contribution >= 0.6 is 23.2 Å². The zero-order valence-electron chi connectivity index (χ0n) is 35.2. The van der Waals surface area contributed by atoms with Crippen LogP contribution < -0.4 is 19.1 Å². The Bertz CT molecular complexity index is 2640. The lowest BCUT2D eigenvalue weighted by Crippen LogP contribution is -2.47. The fourth-order valence-electron chi connectivity index (χ4n) is 9.93. The van der Waals surface area contributed by atoms with Crippen molar-refractivity contribution < 1.29 is 27.8 Å². The summed E-state index contributed by atoms with van der Waals surface area (Å²) >= 11 is 12.7. The van der Waals surface area contributed by atoms with Gasteiger partial charge in [-0.25, -0.2) is 23.1 Å². The molecule has 2 saturated carbocycles. The van der Waals surface area contributed by atoms with Gasteiger partial charge in [0.05, 0.1) is 30.2 Å². The van der Waals surface area contributed by atoms with Gasteiger partial charge in [0.25, 0.3) is 15.9 Å². The highest BCUT2D eigenvalue weighted by Gasteiger charge is 2.51. The van der Waals surface area contributed by atoms with E-state index in [1.54, 1.807) is 30.6 Å². The molecule has 1 saturated heterocycles. The van der Waals surface area contributed by atoms with Gasteiger partial charge in [-0.1, -0.05) is 54.8 Å². The molecule has 15 heteroatoms. The number of anilines is 1. The van der Waals surface area contributed by atoms with E-state index in [4.69, 9.17) is 32.7 Å². The van der Waals surface area contributed by atoms with Crippen molar-refractivity contribution in [3.63, 3.8) is 0 Å². The van der Waals surface area contributed by atoms with Crippen molar-refractivity contribution in [3.8, 4) is 17.4 Å². The summed E-state index contributed by atoms with van der Waals surface area (Å²) in [6.07, 6.45) is 10.3. The van der Waals surface area contributed by atoms with E-state index >= 15 is 0 Å². The summed E-state index contributed by atoms with van der Waals surface area (Å²) in [6.45, 7) is 11.1. The van der Waals surface area contributed by atoms with Gasteiger partial charge in [0, 0.05) is 61.1 Å². The molecule has 0 spiro atoms. The number of hydrogen-bond acceptors (Lipinski definition) is 10. The monoisotopic (exact) mass is 898 g/mol. The molecule has 4 atom stereocenters. The Labute approximate surface area is 372 Å². The molecule has 3 fully saturated rings. The number of piperazine rings is 1. The second-order valence-corrected chi connectivity index (χ2v) is 21.0. The third-order valence-corrected chi connectivity index (χ3v) is 15.3. The van der Waals surface area contributed by atoms with Gasteiger partial charge >= 0.3 is 0 Å². The Kier molecular flexibility index (Phi) is 11.6. The summed E-state index contributed by atoms with van der Waals surface area (Å²) < 4.78 is 41.8. The highest BCUT2D eigenvalue weighted by atomic mass is 35.5. The Hall–Kier alpha value is -4.66. The number of rotatable bonds is 12. The number of carbonyl (C=O) groups is 1. The van der Waals surface area contributed by atoms with Gasteiger partial charge in [-0.3, -0.25) is 9.69 Å².